The molecule has 0 unspecified atom stereocenters. The van der Waals surface area contributed by atoms with Crippen LogP contribution in [0, 0.1) is 0 Å². The summed E-state index contributed by atoms with van der Waals surface area (Å²) in [4.78, 5) is 1.34. The third-order valence-corrected chi connectivity index (χ3v) is 3.67. The molecule has 0 N–H and O–H groups in total. The second kappa shape index (κ2) is 4.16. The Balaban J connectivity index is 2.46. The number of aryl methyl sites for hydroxylation is 1. The zero-order valence-electron chi connectivity index (χ0n) is 7.96. The Morgan fingerprint density at radius 1 is 1.21 bits per heavy atom. The summed E-state index contributed by atoms with van der Waals surface area (Å²) in [6.07, 6.45) is 1.05. The molecule has 1 heterocycles. The number of halogens is 1. The van der Waals surface area contributed by atoms with Gasteiger partial charge in [0.2, 0.25) is 0 Å². The van der Waals surface area contributed by atoms with Crippen LogP contribution in [0.4, 0.5) is 0 Å². The third kappa shape index (κ3) is 1.84. The Labute approximate surface area is 93.2 Å². The maximum absolute atomic E-state index is 6.18. The van der Waals surface area contributed by atoms with E-state index in [9.17, 15) is 0 Å². The molecule has 0 spiro atoms. The van der Waals surface area contributed by atoms with Crippen LogP contribution in [0.15, 0.2) is 36.4 Å². The number of thiophene rings is 1. The lowest BCUT2D eigenvalue weighted by molar-refractivity contribution is 1.19. The molecule has 0 amide bonds. The topological polar surface area (TPSA) is 0 Å². The second-order valence-corrected chi connectivity index (χ2v) is 4.86. The molecule has 1 aromatic carbocycles. The van der Waals surface area contributed by atoms with Crippen molar-refractivity contribution in [2.45, 2.75) is 13.3 Å². The largest absolute Gasteiger partial charge is 0.128 e. The van der Waals surface area contributed by atoms with Crippen LogP contribution in [0.1, 0.15) is 11.8 Å². The van der Waals surface area contributed by atoms with Crippen LogP contribution in [-0.2, 0) is 6.42 Å². The van der Waals surface area contributed by atoms with Gasteiger partial charge in [0.1, 0.15) is 4.34 Å². The number of hydrogen-bond acceptors (Lipinski definition) is 1. The first kappa shape index (κ1) is 9.75. The molecule has 1 aromatic heterocycles. The summed E-state index contributed by atoms with van der Waals surface area (Å²) in [7, 11) is 0. The summed E-state index contributed by atoms with van der Waals surface area (Å²) in [5, 5.41) is 0. The Hall–Kier alpha value is -0.790. The first-order chi connectivity index (χ1) is 6.81. The van der Waals surface area contributed by atoms with Crippen molar-refractivity contribution in [3.8, 4) is 11.1 Å². The fraction of sp³-hybridized carbons (Fsp3) is 0.167. The van der Waals surface area contributed by atoms with Crippen molar-refractivity contribution in [3.63, 3.8) is 0 Å². The molecule has 14 heavy (non-hydrogen) atoms. The molecule has 2 rings (SSSR count). The molecule has 0 aliphatic carbocycles. The van der Waals surface area contributed by atoms with E-state index >= 15 is 0 Å². The predicted octanol–water partition coefficient (Wildman–Crippen LogP) is 4.63. The van der Waals surface area contributed by atoms with Crippen molar-refractivity contribution >= 4 is 22.9 Å². The highest BCUT2D eigenvalue weighted by Gasteiger charge is 2.07. The smallest absolute Gasteiger partial charge is 0.101 e. The van der Waals surface area contributed by atoms with Crippen LogP contribution in [-0.4, -0.2) is 0 Å². The molecule has 0 aliphatic rings. The van der Waals surface area contributed by atoms with Crippen LogP contribution >= 0.6 is 22.9 Å². The molecule has 2 heteroatoms. The standard InChI is InChI=1S/C12H11ClS/c1-2-10-8-11(12(13)14-10)9-6-4-3-5-7-9/h3-8H,2H2,1H3. The molecular formula is C12H11ClS. The summed E-state index contributed by atoms with van der Waals surface area (Å²) >= 11 is 7.85. The van der Waals surface area contributed by atoms with Gasteiger partial charge in [-0.15, -0.1) is 11.3 Å². The molecule has 0 atom stereocenters. The lowest BCUT2D eigenvalue weighted by atomic mass is 10.1. The van der Waals surface area contributed by atoms with Gasteiger partial charge in [-0.3, -0.25) is 0 Å². The molecular weight excluding hydrogens is 212 g/mol. The first-order valence-electron chi connectivity index (χ1n) is 4.65. The lowest BCUT2D eigenvalue weighted by Crippen LogP contribution is -1.72. The number of hydrogen-bond donors (Lipinski definition) is 0. The van der Waals surface area contributed by atoms with E-state index in [4.69, 9.17) is 11.6 Å². The fourth-order valence-electron chi connectivity index (χ4n) is 1.41. The van der Waals surface area contributed by atoms with Crippen molar-refractivity contribution in [2.24, 2.45) is 0 Å². The quantitative estimate of drug-likeness (QED) is 0.695. The van der Waals surface area contributed by atoms with Gasteiger partial charge in [0.15, 0.2) is 0 Å². The maximum atomic E-state index is 6.18. The minimum absolute atomic E-state index is 0.896. The monoisotopic (exact) mass is 222 g/mol. The van der Waals surface area contributed by atoms with E-state index in [1.165, 1.54) is 10.4 Å². The Kier molecular flexibility index (Phi) is 2.90. The van der Waals surface area contributed by atoms with Crippen molar-refractivity contribution in [1.29, 1.82) is 0 Å². The molecule has 0 bridgehead atoms. The highest BCUT2D eigenvalue weighted by molar-refractivity contribution is 7.16. The van der Waals surface area contributed by atoms with Crippen molar-refractivity contribution in [2.75, 3.05) is 0 Å². The third-order valence-electron chi connectivity index (χ3n) is 2.17. The van der Waals surface area contributed by atoms with Gasteiger partial charge >= 0.3 is 0 Å². The lowest BCUT2D eigenvalue weighted by Gasteiger charge is -1.96. The summed E-state index contributed by atoms with van der Waals surface area (Å²) < 4.78 is 0.896. The van der Waals surface area contributed by atoms with E-state index in [-0.39, 0.29) is 0 Å². The molecule has 0 saturated carbocycles. The minimum Gasteiger partial charge on any atom is -0.128 e. The van der Waals surface area contributed by atoms with Gasteiger partial charge in [-0.05, 0) is 18.1 Å². The summed E-state index contributed by atoms with van der Waals surface area (Å²) in [5.41, 5.74) is 2.36. The number of benzene rings is 1. The van der Waals surface area contributed by atoms with Crippen LogP contribution in [0.3, 0.4) is 0 Å². The first-order valence-corrected chi connectivity index (χ1v) is 5.84. The van der Waals surface area contributed by atoms with E-state index in [0.29, 0.717) is 0 Å². The summed E-state index contributed by atoms with van der Waals surface area (Å²) in [6.45, 7) is 2.15. The van der Waals surface area contributed by atoms with Crippen LogP contribution in [0.5, 0.6) is 0 Å². The predicted molar refractivity (Wildman–Crippen MR) is 64.1 cm³/mol. The van der Waals surface area contributed by atoms with Gasteiger partial charge in [0, 0.05) is 10.4 Å². The maximum Gasteiger partial charge on any atom is 0.101 e. The average molecular weight is 223 g/mol. The zero-order chi connectivity index (χ0) is 9.97. The molecule has 0 aliphatic heterocycles. The minimum atomic E-state index is 0.896. The fourth-order valence-corrected chi connectivity index (χ4v) is 2.71. The van der Waals surface area contributed by atoms with Gasteiger partial charge < -0.3 is 0 Å². The Morgan fingerprint density at radius 3 is 2.50 bits per heavy atom. The van der Waals surface area contributed by atoms with E-state index < -0.39 is 0 Å². The highest BCUT2D eigenvalue weighted by Crippen LogP contribution is 2.35. The van der Waals surface area contributed by atoms with Crippen molar-refractivity contribution < 1.29 is 0 Å². The molecule has 0 saturated heterocycles. The van der Waals surface area contributed by atoms with Crippen LogP contribution < -0.4 is 0 Å². The highest BCUT2D eigenvalue weighted by atomic mass is 35.5. The number of rotatable bonds is 2. The molecule has 2 aromatic rings. The SMILES string of the molecule is CCc1cc(-c2ccccc2)c(Cl)s1. The van der Waals surface area contributed by atoms with Gasteiger partial charge in [0.05, 0.1) is 0 Å². The molecule has 72 valence electrons. The van der Waals surface area contributed by atoms with Gasteiger partial charge in [-0.25, -0.2) is 0 Å². The van der Waals surface area contributed by atoms with Gasteiger partial charge in [-0.1, -0.05) is 48.9 Å². The second-order valence-electron chi connectivity index (χ2n) is 3.12. The van der Waals surface area contributed by atoms with Crippen molar-refractivity contribution in [1.82, 2.24) is 0 Å². The van der Waals surface area contributed by atoms with E-state index in [1.807, 2.05) is 18.2 Å². The summed E-state index contributed by atoms with van der Waals surface area (Å²) in [5.74, 6) is 0. The zero-order valence-corrected chi connectivity index (χ0v) is 9.53. The summed E-state index contributed by atoms with van der Waals surface area (Å²) in [6, 6.07) is 12.5. The Morgan fingerprint density at radius 2 is 1.93 bits per heavy atom. The van der Waals surface area contributed by atoms with E-state index in [2.05, 4.69) is 25.1 Å². The van der Waals surface area contributed by atoms with Gasteiger partial charge in [-0.2, -0.15) is 0 Å². The average Bonchev–Trinajstić information content (AvgIpc) is 2.61. The molecule has 0 fully saturated rings. The molecule has 0 radical (unpaired) electrons. The van der Waals surface area contributed by atoms with E-state index in [0.717, 1.165) is 16.3 Å². The van der Waals surface area contributed by atoms with Crippen molar-refractivity contribution in [3.05, 3.63) is 45.6 Å². The van der Waals surface area contributed by atoms with Crippen LogP contribution in [0.2, 0.25) is 4.34 Å². The van der Waals surface area contributed by atoms with Crippen LogP contribution in [0.25, 0.3) is 11.1 Å². The van der Waals surface area contributed by atoms with Gasteiger partial charge in [0.25, 0.3) is 0 Å². The Bertz CT molecular complexity index is 417. The normalized spacial score (nSPS) is 10.4. The molecule has 0 nitrogen and oxygen atoms in total. The van der Waals surface area contributed by atoms with E-state index in [1.54, 1.807) is 11.3 Å².